The van der Waals surface area contributed by atoms with E-state index in [0.717, 1.165) is 17.9 Å². The number of benzene rings is 1. The average molecular weight is 244 g/mol. The Morgan fingerprint density at radius 1 is 1.22 bits per heavy atom. The molecule has 96 valence electrons. The van der Waals surface area contributed by atoms with Gasteiger partial charge in [0.25, 0.3) is 0 Å². The summed E-state index contributed by atoms with van der Waals surface area (Å²) < 4.78 is 1.83. The second kappa shape index (κ2) is 5.12. The van der Waals surface area contributed by atoms with Crippen molar-refractivity contribution < 1.29 is 0 Å². The molecule has 0 fully saturated rings. The predicted octanol–water partition coefficient (Wildman–Crippen LogP) is 2.41. The first-order valence-corrected chi connectivity index (χ1v) is 6.06. The minimum absolute atomic E-state index is 0.820. The van der Waals surface area contributed by atoms with Gasteiger partial charge in [-0.1, -0.05) is 12.1 Å². The van der Waals surface area contributed by atoms with E-state index in [1.165, 1.54) is 11.3 Å². The summed E-state index contributed by atoms with van der Waals surface area (Å²) in [7, 11) is 6.03. The summed E-state index contributed by atoms with van der Waals surface area (Å²) >= 11 is 0. The van der Waals surface area contributed by atoms with Crippen LogP contribution in [0.15, 0.2) is 30.5 Å². The maximum absolute atomic E-state index is 4.31. The molecule has 0 aliphatic rings. The number of hydrogen-bond donors (Lipinski definition) is 1. The quantitative estimate of drug-likeness (QED) is 0.896. The topological polar surface area (TPSA) is 33.1 Å². The van der Waals surface area contributed by atoms with Crippen molar-refractivity contribution in [3.05, 3.63) is 41.7 Å². The van der Waals surface area contributed by atoms with Crippen molar-refractivity contribution in [1.29, 1.82) is 0 Å². The molecule has 0 aliphatic carbocycles. The summed E-state index contributed by atoms with van der Waals surface area (Å²) in [6, 6.07) is 8.56. The van der Waals surface area contributed by atoms with E-state index in [1.54, 1.807) is 0 Å². The van der Waals surface area contributed by atoms with Gasteiger partial charge < -0.3 is 10.2 Å². The van der Waals surface area contributed by atoms with E-state index in [-0.39, 0.29) is 0 Å². The van der Waals surface area contributed by atoms with Gasteiger partial charge in [-0.15, -0.1) is 0 Å². The molecule has 0 atom stereocenters. The molecule has 1 aromatic heterocycles. The van der Waals surface area contributed by atoms with Crippen LogP contribution in [0.1, 0.15) is 11.3 Å². The van der Waals surface area contributed by atoms with Gasteiger partial charge in [-0.3, -0.25) is 4.68 Å². The number of nitrogens with zero attached hydrogens (tertiary/aromatic N) is 3. The van der Waals surface area contributed by atoms with E-state index < -0.39 is 0 Å². The number of hydrogen-bond acceptors (Lipinski definition) is 3. The molecule has 0 bridgehead atoms. The van der Waals surface area contributed by atoms with Gasteiger partial charge in [0.2, 0.25) is 0 Å². The molecule has 2 rings (SSSR count). The Morgan fingerprint density at radius 3 is 2.39 bits per heavy atom. The van der Waals surface area contributed by atoms with Crippen LogP contribution in [0.5, 0.6) is 0 Å². The normalized spacial score (nSPS) is 10.4. The van der Waals surface area contributed by atoms with E-state index in [0.29, 0.717) is 0 Å². The van der Waals surface area contributed by atoms with Crippen LogP contribution in [0, 0.1) is 6.92 Å². The maximum atomic E-state index is 4.31. The second-order valence-corrected chi connectivity index (χ2v) is 4.72. The predicted molar refractivity (Wildman–Crippen MR) is 76.0 cm³/mol. The number of aryl methyl sites for hydroxylation is 2. The number of anilines is 2. The van der Waals surface area contributed by atoms with Crippen molar-refractivity contribution in [2.45, 2.75) is 13.5 Å². The fraction of sp³-hybridized carbons (Fsp3) is 0.357. The first-order valence-electron chi connectivity index (χ1n) is 6.06. The van der Waals surface area contributed by atoms with Crippen molar-refractivity contribution in [3.8, 4) is 0 Å². The molecule has 0 saturated heterocycles. The molecular weight excluding hydrogens is 224 g/mol. The average Bonchev–Trinajstić information content (AvgIpc) is 2.66. The molecule has 0 amide bonds. The van der Waals surface area contributed by atoms with Gasteiger partial charge in [-0.25, -0.2) is 0 Å². The number of aromatic nitrogens is 2. The molecule has 2 aromatic rings. The zero-order chi connectivity index (χ0) is 13.1. The fourth-order valence-electron chi connectivity index (χ4n) is 1.88. The Balaban J connectivity index is 2.00. The molecule has 4 heteroatoms. The highest BCUT2D eigenvalue weighted by molar-refractivity contribution is 5.48. The van der Waals surface area contributed by atoms with E-state index in [9.17, 15) is 0 Å². The third-order valence-electron chi connectivity index (χ3n) is 2.95. The lowest BCUT2D eigenvalue weighted by Gasteiger charge is -2.13. The fourth-order valence-corrected chi connectivity index (χ4v) is 1.88. The Bertz CT molecular complexity index is 511. The monoisotopic (exact) mass is 244 g/mol. The Morgan fingerprint density at radius 2 is 1.89 bits per heavy atom. The van der Waals surface area contributed by atoms with Crippen LogP contribution < -0.4 is 10.2 Å². The van der Waals surface area contributed by atoms with Crippen molar-refractivity contribution in [2.24, 2.45) is 7.05 Å². The standard InChI is InChI=1S/C14H20N4/c1-11-14(10-18(4)16-11)15-9-12-5-7-13(8-6-12)17(2)3/h5-8,10,15H,9H2,1-4H3. The van der Waals surface area contributed by atoms with Crippen molar-refractivity contribution >= 4 is 11.4 Å². The summed E-state index contributed by atoms with van der Waals surface area (Å²) in [5, 5.41) is 7.71. The summed E-state index contributed by atoms with van der Waals surface area (Å²) in [5.41, 5.74) is 4.61. The third kappa shape index (κ3) is 2.83. The minimum Gasteiger partial charge on any atom is -0.378 e. The molecule has 0 aliphatic heterocycles. The second-order valence-electron chi connectivity index (χ2n) is 4.72. The zero-order valence-electron chi connectivity index (χ0n) is 11.4. The van der Waals surface area contributed by atoms with Gasteiger partial charge in [0.05, 0.1) is 11.4 Å². The van der Waals surface area contributed by atoms with Crippen molar-refractivity contribution in [1.82, 2.24) is 9.78 Å². The van der Waals surface area contributed by atoms with Gasteiger partial charge in [-0.05, 0) is 24.6 Å². The summed E-state index contributed by atoms with van der Waals surface area (Å²) in [6.07, 6.45) is 2.00. The molecule has 1 aromatic carbocycles. The molecule has 4 nitrogen and oxygen atoms in total. The smallest absolute Gasteiger partial charge is 0.0825 e. The lowest BCUT2D eigenvalue weighted by molar-refractivity contribution is 0.756. The number of nitrogens with one attached hydrogen (secondary N) is 1. The highest BCUT2D eigenvalue weighted by atomic mass is 15.3. The van der Waals surface area contributed by atoms with E-state index in [1.807, 2.05) is 38.9 Å². The van der Waals surface area contributed by atoms with E-state index in [2.05, 4.69) is 39.6 Å². The third-order valence-corrected chi connectivity index (χ3v) is 2.95. The van der Waals surface area contributed by atoms with Crippen LogP contribution in [-0.4, -0.2) is 23.9 Å². The first kappa shape index (κ1) is 12.5. The van der Waals surface area contributed by atoms with Gasteiger partial charge in [0, 0.05) is 39.6 Å². The maximum Gasteiger partial charge on any atom is 0.0825 e. The first-order chi connectivity index (χ1) is 8.56. The number of rotatable bonds is 4. The van der Waals surface area contributed by atoms with Crippen LogP contribution in [0.2, 0.25) is 0 Å². The van der Waals surface area contributed by atoms with Crippen LogP contribution in [0.4, 0.5) is 11.4 Å². The summed E-state index contributed by atoms with van der Waals surface area (Å²) in [4.78, 5) is 2.10. The molecule has 18 heavy (non-hydrogen) atoms. The summed E-state index contributed by atoms with van der Waals surface area (Å²) in [6.45, 7) is 2.83. The van der Waals surface area contributed by atoms with Crippen LogP contribution in [0.3, 0.4) is 0 Å². The van der Waals surface area contributed by atoms with E-state index in [4.69, 9.17) is 0 Å². The lowest BCUT2D eigenvalue weighted by Crippen LogP contribution is -2.08. The molecule has 0 unspecified atom stereocenters. The largest absolute Gasteiger partial charge is 0.378 e. The van der Waals surface area contributed by atoms with Gasteiger partial charge >= 0.3 is 0 Å². The molecule has 1 N–H and O–H groups in total. The van der Waals surface area contributed by atoms with Crippen molar-refractivity contribution in [2.75, 3.05) is 24.3 Å². The Labute approximate surface area is 108 Å². The van der Waals surface area contributed by atoms with Crippen LogP contribution in [0.25, 0.3) is 0 Å². The Hall–Kier alpha value is -1.97. The highest BCUT2D eigenvalue weighted by Gasteiger charge is 2.02. The molecule has 1 heterocycles. The highest BCUT2D eigenvalue weighted by Crippen LogP contribution is 2.15. The summed E-state index contributed by atoms with van der Waals surface area (Å²) in [5.74, 6) is 0. The molecule has 0 spiro atoms. The zero-order valence-corrected chi connectivity index (χ0v) is 11.4. The van der Waals surface area contributed by atoms with Gasteiger partial charge in [0.15, 0.2) is 0 Å². The van der Waals surface area contributed by atoms with Gasteiger partial charge in [0.1, 0.15) is 0 Å². The SMILES string of the molecule is Cc1nn(C)cc1NCc1ccc(N(C)C)cc1. The molecule has 0 saturated carbocycles. The molecular formula is C14H20N4. The van der Waals surface area contributed by atoms with Crippen molar-refractivity contribution in [3.63, 3.8) is 0 Å². The lowest BCUT2D eigenvalue weighted by atomic mass is 10.2. The van der Waals surface area contributed by atoms with Gasteiger partial charge in [-0.2, -0.15) is 5.10 Å². The van der Waals surface area contributed by atoms with Crippen LogP contribution in [-0.2, 0) is 13.6 Å². The Kier molecular flexibility index (Phi) is 3.55. The minimum atomic E-state index is 0.820. The van der Waals surface area contributed by atoms with E-state index >= 15 is 0 Å². The molecule has 0 radical (unpaired) electrons. The van der Waals surface area contributed by atoms with Crippen LogP contribution >= 0.6 is 0 Å².